The molecule has 0 saturated carbocycles. The maximum Gasteiger partial charge on any atom is 0.329 e. The molecule has 18 heavy (non-hydrogen) atoms. The first-order valence-electron chi connectivity index (χ1n) is 4.96. The fraction of sp³-hybridized carbons (Fsp3) is 0.273. The van der Waals surface area contributed by atoms with Crippen molar-refractivity contribution in [1.29, 1.82) is 0 Å². The summed E-state index contributed by atoms with van der Waals surface area (Å²) in [5.74, 6) is -2.28. The molecule has 2 N–H and O–H groups in total. The van der Waals surface area contributed by atoms with Crippen molar-refractivity contribution in [3.05, 3.63) is 24.0 Å². The van der Waals surface area contributed by atoms with Crippen molar-refractivity contribution >= 4 is 17.6 Å². The van der Waals surface area contributed by atoms with Crippen LogP contribution in [0.5, 0.6) is 5.75 Å². The second kappa shape index (κ2) is 6.55. The Morgan fingerprint density at radius 1 is 1.39 bits per heavy atom. The van der Waals surface area contributed by atoms with Crippen molar-refractivity contribution < 1.29 is 28.6 Å². The molecule has 0 aliphatic carbocycles. The number of carbonyl (C=O) groups excluding carboxylic acids is 1. The number of carboxylic acids is 1. The average molecular weight is 257 g/mol. The van der Waals surface area contributed by atoms with Gasteiger partial charge in [-0.3, -0.25) is 4.79 Å². The summed E-state index contributed by atoms with van der Waals surface area (Å²) in [6, 6.07) is 3.91. The molecule has 6 nitrogen and oxygen atoms in total. The highest BCUT2D eigenvalue weighted by atomic mass is 19.1. The van der Waals surface area contributed by atoms with E-state index < -0.39 is 30.9 Å². The number of amides is 1. The molecular formula is C11H12FNO5. The number of ether oxygens (including phenoxy) is 2. The summed E-state index contributed by atoms with van der Waals surface area (Å²) in [7, 11) is 1.33. The number of hydrogen-bond donors (Lipinski definition) is 2. The van der Waals surface area contributed by atoms with Crippen LogP contribution in [0.4, 0.5) is 10.1 Å². The summed E-state index contributed by atoms with van der Waals surface area (Å²) in [5, 5.41) is 10.6. The van der Waals surface area contributed by atoms with Crippen LogP contribution in [-0.4, -0.2) is 37.3 Å². The van der Waals surface area contributed by atoms with Gasteiger partial charge in [-0.15, -0.1) is 0 Å². The first-order valence-corrected chi connectivity index (χ1v) is 4.96. The van der Waals surface area contributed by atoms with Crippen LogP contribution >= 0.6 is 0 Å². The number of nitrogens with one attached hydrogen (secondary N) is 1. The second-order valence-corrected chi connectivity index (χ2v) is 3.28. The molecule has 0 heterocycles. The van der Waals surface area contributed by atoms with E-state index in [1.54, 1.807) is 0 Å². The third kappa shape index (κ3) is 4.38. The van der Waals surface area contributed by atoms with Gasteiger partial charge in [0.2, 0.25) is 5.91 Å². The number of carboxylic acid groups (broad SMARTS) is 1. The van der Waals surface area contributed by atoms with Crippen LogP contribution in [0, 0.1) is 5.82 Å². The summed E-state index contributed by atoms with van der Waals surface area (Å²) < 4.78 is 22.6. The first-order chi connectivity index (χ1) is 8.52. The van der Waals surface area contributed by atoms with E-state index in [-0.39, 0.29) is 11.4 Å². The number of carbonyl (C=O) groups is 2. The monoisotopic (exact) mass is 257 g/mol. The topological polar surface area (TPSA) is 84.9 Å². The molecule has 0 atom stereocenters. The number of hydrogen-bond acceptors (Lipinski definition) is 4. The number of aliphatic carboxylic acids is 1. The van der Waals surface area contributed by atoms with Gasteiger partial charge in [0, 0.05) is 11.8 Å². The molecule has 0 spiro atoms. The van der Waals surface area contributed by atoms with E-state index in [4.69, 9.17) is 9.84 Å². The summed E-state index contributed by atoms with van der Waals surface area (Å²) >= 11 is 0. The largest absolute Gasteiger partial charge is 0.494 e. The predicted molar refractivity (Wildman–Crippen MR) is 60.0 cm³/mol. The Morgan fingerprint density at radius 2 is 2.11 bits per heavy atom. The van der Waals surface area contributed by atoms with E-state index in [1.807, 2.05) is 0 Å². The summed E-state index contributed by atoms with van der Waals surface area (Å²) in [6.07, 6.45) is 0. The van der Waals surface area contributed by atoms with Crippen LogP contribution in [-0.2, 0) is 14.3 Å². The molecule has 0 bridgehead atoms. The highest BCUT2D eigenvalue weighted by Crippen LogP contribution is 2.20. The standard InChI is InChI=1S/C11H12FNO5/c1-17-9-3-2-7(4-8(9)12)13-10(14)5-18-6-11(15)16/h2-4H,5-6H2,1H3,(H,13,14)(H,15,16). The quantitative estimate of drug-likeness (QED) is 0.790. The molecule has 0 fully saturated rings. The molecule has 0 saturated heterocycles. The van der Waals surface area contributed by atoms with Crippen LogP contribution < -0.4 is 10.1 Å². The molecular weight excluding hydrogens is 245 g/mol. The lowest BCUT2D eigenvalue weighted by atomic mass is 10.3. The van der Waals surface area contributed by atoms with Crippen LogP contribution in [0.15, 0.2) is 18.2 Å². The Morgan fingerprint density at radius 3 is 2.67 bits per heavy atom. The average Bonchev–Trinajstić information content (AvgIpc) is 2.28. The Labute approximate surface area is 102 Å². The van der Waals surface area contributed by atoms with Crippen LogP contribution in [0.3, 0.4) is 0 Å². The van der Waals surface area contributed by atoms with E-state index in [0.29, 0.717) is 0 Å². The summed E-state index contributed by atoms with van der Waals surface area (Å²) in [6.45, 7) is -0.982. The lowest BCUT2D eigenvalue weighted by Crippen LogP contribution is -2.20. The van der Waals surface area contributed by atoms with Gasteiger partial charge in [0.1, 0.15) is 13.2 Å². The Hall–Kier alpha value is -2.15. The molecule has 0 radical (unpaired) electrons. The van der Waals surface area contributed by atoms with E-state index in [9.17, 15) is 14.0 Å². The zero-order chi connectivity index (χ0) is 13.5. The van der Waals surface area contributed by atoms with Crippen molar-refractivity contribution in [3.63, 3.8) is 0 Å². The minimum Gasteiger partial charge on any atom is -0.494 e. The van der Waals surface area contributed by atoms with Gasteiger partial charge in [0.25, 0.3) is 0 Å². The zero-order valence-electron chi connectivity index (χ0n) is 9.60. The molecule has 0 unspecified atom stereocenters. The third-order valence-electron chi connectivity index (χ3n) is 1.89. The molecule has 1 amide bonds. The van der Waals surface area contributed by atoms with Gasteiger partial charge < -0.3 is 19.9 Å². The molecule has 98 valence electrons. The van der Waals surface area contributed by atoms with E-state index in [0.717, 1.165) is 6.07 Å². The predicted octanol–water partition coefficient (Wildman–Crippen LogP) is 0.874. The van der Waals surface area contributed by atoms with Crippen LogP contribution in [0.25, 0.3) is 0 Å². The van der Waals surface area contributed by atoms with Crippen molar-refractivity contribution in [2.24, 2.45) is 0 Å². The van der Waals surface area contributed by atoms with Gasteiger partial charge in [0.05, 0.1) is 7.11 Å². The van der Waals surface area contributed by atoms with E-state index >= 15 is 0 Å². The lowest BCUT2D eigenvalue weighted by molar-refractivity contribution is -0.143. The molecule has 7 heteroatoms. The fourth-order valence-corrected chi connectivity index (χ4v) is 1.17. The maximum atomic E-state index is 13.3. The SMILES string of the molecule is COc1ccc(NC(=O)COCC(=O)O)cc1F. The van der Waals surface area contributed by atoms with Gasteiger partial charge in [-0.1, -0.05) is 0 Å². The van der Waals surface area contributed by atoms with Gasteiger partial charge >= 0.3 is 5.97 Å². The number of methoxy groups -OCH3 is 1. The van der Waals surface area contributed by atoms with Crippen LogP contribution in [0.1, 0.15) is 0 Å². The van der Waals surface area contributed by atoms with Crippen LogP contribution in [0.2, 0.25) is 0 Å². The number of benzene rings is 1. The van der Waals surface area contributed by atoms with Crippen molar-refractivity contribution in [1.82, 2.24) is 0 Å². The maximum absolute atomic E-state index is 13.3. The van der Waals surface area contributed by atoms with Gasteiger partial charge in [-0.2, -0.15) is 0 Å². The highest BCUT2D eigenvalue weighted by Gasteiger charge is 2.07. The Kier molecular flexibility index (Phi) is 5.06. The third-order valence-corrected chi connectivity index (χ3v) is 1.89. The number of anilines is 1. The molecule has 0 aromatic heterocycles. The summed E-state index contributed by atoms with van der Waals surface area (Å²) in [4.78, 5) is 21.4. The normalized spacial score (nSPS) is 9.89. The van der Waals surface area contributed by atoms with Gasteiger partial charge in [-0.05, 0) is 12.1 Å². The smallest absolute Gasteiger partial charge is 0.329 e. The molecule has 0 aliphatic rings. The van der Waals surface area contributed by atoms with Crippen molar-refractivity contribution in [2.75, 3.05) is 25.6 Å². The minimum atomic E-state index is -1.17. The molecule has 0 aliphatic heterocycles. The fourth-order valence-electron chi connectivity index (χ4n) is 1.17. The molecule has 1 aromatic rings. The minimum absolute atomic E-state index is 0.0649. The molecule has 1 aromatic carbocycles. The Bertz CT molecular complexity index is 449. The number of rotatable bonds is 6. The van der Waals surface area contributed by atoms with E-state index in [1.165, 1.54) is 19.2 Å². The van der Waals surface area contributed by atoms with Gasteiger partial charge in [-0.25, -0.2) is 9.18 Å². The van der Waals surface area contributed by atoms with Crippen molar-refractivity contribution in [2.45, 2.75) is 0 Å². The summed E-state index contributed by atoms with van der Waals surface area (Å²) in [5.41, 5.74) is 0.234. The first kappa shape index (κ1) is 13.9. The van der Waals surface area contributed by atoms with Crippen molar-refractivity contribution in [3.8, 4) is 5.75 Å². The Balaban J connectivity index is 2.49. The lowest BCUT2D eigenvalue weighted by Gasteiger charge is -2.07. The highest BCUT2D eigenvalue weighted by molar-refractivity contribution is 5.91. The van der Waals surface area contributed by atoms with Gasteiger partial charge in [0.15, 0.2) is 11.6 Å². The second-order valence-electron chi connectivity index (χ2n) is 3.28. The molecule has 1 rings (SSSR count). The number of halogens is 1. The van der Waals surface area contributed by atoms with E-state index in [2.05, 4.69) is 10.1 Å². The zero-order valence-corrected chi connectivity index (χ0v) is 9.60.